The molecule has 1 aliphatic heterocycles. The van der Waals surface area contributed by atoms with Crippen molar-refractivity contribution in [2.45, 2.75) is 19.9 Å². The van der Waals surface area contributed by atoms with Gasteiger partial charge in [0.2, 0.25) is 5.91 Å². The van der Waals surface area contributed by atoms with Crippen LogP contribution in [0.1, 0.15) is 16.8 Å². The van der Waals surface area contributed by atoms with Gasteiger partial charge in [-0.2, -0.15) is 0 Å². The largest absolute Gasteiger partial charge is 0.356 e. The van der Waals surface area contributed by atoms with Crippen LogP contribution in [0, 0.1) is 6.92 Å². The van der Waals surface area contributed by atoms with E-state index in [9.17, 15) is 9.59 Å². The zero-order valence-corrected chi connectivity index (χ0v) is 14.6. The minimum atomic E-state index is -0.106. The van der Waals surface area contributed by atoms with Crippen molar-refractivity contribution in [2.75, 3.05) is 13.1 Å². The molecule has 0 spiro atoms. The maximum absolute atomic E-state index is 11.9. The van der Waals surface area contributed by atoms with Gasteiger partial charge < -0.3 is 15.2 Å². The molecule has 1 amide bonds. The standard InChI is InChI=1S/C20H21N3O3/c1-14-17-8-7-16(24)11-19(17)26-23-18(14)9-10-22-20(25)13-21-12-15-5-3-2-4-6-15/h2-8,11,21H,9-10,12-13H2,1H3,(H,22,25). The molecule has 1 heterocycles. The van der Waals surface area contributed by atoms with E-state index in [1.807, 2.05) is 37.3 Å². The molecular formula is C20H21N3O3. The summed E-state index contributed by atoms with van der Waals surface area (Å²) in [6, 6.07) is 14.6. The number of fused-ring (bicyclic) bond motifs is 1. The first kappa shape index (κ1) is 17.8. The van der Waals surface area contributed by atoms with Crippen molar-refractivity contribution < 1.29 is 9.32 Å². The van der Waals surface area contributed by atoms with E-state index in [1.54, 1.807) is 6.07 Å². The van der Waals surface area contributed by atoms with Gasteiger partial charge in [-0.25, -0.2) is 0 Å². The van der Waals surface area contributed by atoms with Crippen molar-refractivity contribution in [1.82, 2.24) is 15.8 Å². The highest BCUT2D eigenvalue weighted by molar-refractivity contribution is 5.78. The lowest BCUT2D eigenvalue weighted by Gasteiger charge is -2.11. The first-order valence-corrected chi connectivity index (χ1v) is 8.54. The summed E-state index contributed by atoms with van der Waals surface area (Å²) in [4.78, 5) is 23.3. The van der Waals surface area contributed by atoms with Crippen LogP contribution >= 0.6 is 0 Å². The zero-order valence-electron chi connectivity index (χ0n) is 14.6. The topological polar surface area (TPSA) is 84.2 Å². The van der Waals surface area contributed by atoms with Gasteiger partial charge in [0.05, 0.1) is 12.2 Å². The van der Waals surface area contributed by atoms with Crippen molar-refractivity contribution >= 4 is 5.91 Å². The second kappa shape index (κ2) is 8.40. The minimum Gasteiger partial charge on any atom is -0.356 e. The van der Waals surface area contributed by atoms with Gasteiger partial charge in [0.15, 0.2) is 11.2 Å². The van der Waals surface area contributed by atoms with Crippen LogP contribution in [-0.4, -0.2) is 24.2 Å². The normalized spacial score (nSPS) is 10.8. The Morgan fingerprint density at radius 3 is 2.77 bits per heavy atom. The number of nitrogens with zero attached hydrogens (tertiary/aromatic N) is 1. The summed E-state index contributed by atoms with van der Waals surface area (Å²) >= 11 is 0. The number of hydrogen-bond acceptors (Lipinski definition) is 5. The summed E-state index contributed by atoms with van der Waals surface area (Å²) < 4.78 is 5.30. The highest BCUT2D eigenvalue weighted by atomic mass is 16.5. The smallest absolute Gasteiger partial charge is 0.233 e. The molecule has 6 nitrogen and oxygen atoms in total. The van der Waals surface area contributed by atoms with Crippen molar-refractivity contribution in [2.24, 2.45) is 0 Å². The fourth-order valence-electron chi connectivity index (χ4n) is 2.75. The molecule has 0 saturated carbocycles. The second-order valence-electron chi connectivity index (χ2n) is 6.10. The quantitative estimate of drug-likeness (QED) is 0.679. The molecule has 0 fully saturated rings. The summed E-state index contributed by atoms with van der Waals surface area (Å²) in [5.74, 6) is 0.417. The first-order valence-electron chi connectivity index (χ1n) is 8.54. The molecule has 1 aliphatic carbocycles. The van der Waals surface area contributed by atoms with E-state index in [4.69, 9.17) is 4.52 Å². The molecule has 0 atom stereocenters. The summed E-state index contributed by atoms with van der Waals surface area (Å²) in [6.45, 7) is 3.32. The van der Waals surface area contributed by atoms with Gasteiger partial charge in [0, 0.05) is 31.1 Å². The van der Waals surface area contributed by atoms with Crippen molar-refractivity contribution in [3.8, 4) is 11.3 Å². The average Bonchev–Trinajstić information content (AvgIpc) is 2.64. The molecule has 0 aromatic heterocycles. The lowest BCUT2D eigenvalue weighted by atomic mass is 10.0. The molecule has 26 heavy (non-hydrogen) atoms. The van der Waals surface area contributed by atoms with Crippen LogP contribution in [0.2, 0.25) is 0 Å². The molecule has 0 radical (unpaired) electrons. The Balaban J connectivity index is 1.47. The molecule has 2 aliphatic rings. The Morgan fingerprint density at radius 1 is 1.15 bits per heavy atom. The molecule has 6 heteroatoms. The molecule has 0 bridgehead atoms. The van der Waals surface area contributed by atoms with Gasteiger partial charge in [-0.05, 0) is 30.2 Å². The lowest BCUT2D eigenvalue weighted by Crippen LogP contribution is -2.34. The van der Waals surface area contributed by atoms with Gasteiger partial charge in [-0.1, -0.05) is 35.5 Å². The third-order valence-electron chi connectivity index (χ3n) is 4.19. The Kier molecular flexibility index (Phi) is 5.76. The summed E-state index contributed by atoms with van der Waals surface area (Å²) in [6.07, 6.45) is 0.564. The molecule has 0 saturated heterocycles. The zero-order chi connectivity index (χ0) is 18.4. The van der Waals surface area contributed by atoms with Crippen molar-refractivity contribution in [3.63, 3.8) is 0 Å². The maximum atomic E-state index is 11.9. The molecule has 1 aromatic carbocycles. The van der Waals surface area contributed by atoms with Crippen LogP contribution in [0.15, 0.2) is 57.8 Å². The number of hydrogen-bond donors (Lipinski definition) is 2. The van der Waals surface area contributed by atoms with Crippen molar-refractivity contribution in [1.29, 1.82) is 0 Å². The molecule has 0 unspecified atom stereocenters. The fraction of sp³-hybridized carbons (Fsp3) is 0.250. The third-order valence-corrected chi connectivity index (χ3v) is 4.19. The number of carbonyl (C=O) groups is 1. The van der Waals surface area contributed by atoms with Crippen molar-refractivity contribution in [3.05, 3.63) is 75.6 Å². The predicted molar refractivity (Wildman–Crippen MR) is 99.0 cm³/mol. The van der Waals surface area contributed by atoms with Gasteiger partial charge in [-0.3, -0.25) is 9.59 Å². The van der Waals surface area contributed by atoms with E-state index in [2.05, 4.69) is 15.8 Å². The summed E-state index contributed by atoms with van der Waals surface area (Å²) in [5.41, 5.74) is 3.63. The molecule has 2 N–H and O–H groups in total. The van der Waals surface area contributed by atoms with E-state index in [1.165, 1.54) is 12.1 Å². The van der Waals surface area contributed by atoms with Gasteiger partial charge in [0.1, 0.15) is 0 Å². The highest BCUT2D eigenvalue weighted by Crippen LogP contribution is 2.24. The van der Waals surface area contributed by atoms with E-state index in [-0.39, 0.29) is 17.9 Å². The van der Waals surface area contributed by atoms with Crippen LogP contribution in [-0.2, 0) is 17.8 Å². The van der Waals surface area contributed by atoms with E-state index in [0.717, 1.165) is 22.4 Å². The number of aromatic nitrogens is 1. The number of amides is 1. The highest BCUT2D eigenvalue weighted by Gasteiger charge is 2.13. The Morgan fingerprint density at radius 2 is 1.96 bits per heavy atom. The van der Waals surface area contributed by atoms with Crippen LogP contribution in [0.5, 0.6) is 0 Å². The second-order valence-corrected chi connectivity index (χ2v) is 6.10. The van der Waals surface area contributed by atoms with Gasteiger partial charge >= 0.3 is 0 Å². The third kappa shape index (κ3) is 4.55. The fourth-order valence-corrected chi connectivity index (χ4v) is 2.75. The Bertz CT molecular complexity index is 906. The number of benzene rings is 2. The lowest BCUT2D eigenvalue weighted by molar-refractivity contribution is -0.120. The van der Waals surface area contributed by atoms with Gasteiger partial charge in [0.25, 0.3) is 0 Å². The maximum Gasteiger partial charge on any atom is 0.233 e. The Hall–Kier alpha value is -2.99. The van der Waals surface area contributed by atoms with E-state index >= 15 is 0 Å². The predicted octanol–water partition coefficient (Wildman–Crippen LogP) is 1.90. The minimum absolute atomic E-state index is 0.0627. The van der Waals surface area contributed by atoms with Crippen LogP contribution in [0.3, 0.4) is 0 Å². The SMILES string of the molecule is Cc1c2ccc(=O)cc-2onc1CCNC(=O)CNCc1ccccc1. The van der Waals surface area contributed by atoms with Gasteiger partial charge in [-0.15, -0.1) is 0 Å². The number of nitrogens with one attached hydrogen (secondary N) is 2. The Labute approximate surface area is 151 Å². The molecule has 134 valence electrons. The molecular weight excluding hydrogens is 330 g/mol. The van der Waals surface area contributed by atoms with E-state index < -0.39 is 0 Å². The number of rotatable bonds is 7. The summed E-state index contributed by atoms with van der Waals surface area (Å²) in [7, 11) is 0. The molecule has 1 aromatic rings. The number of carbonyl (C=O) groups excluding carboxylic acids is 1. The summed E-state index contributed by atoms with van der Waals surface area (Å²) in [5, 5.41) is 10.0. The first-order chi connectivity index (χ1) is 12.6. The van der Waals surface area contributed by atoms with E-state index in [0.29, 0.717) is 25.3 Å². The monoisotopic (exact) mass is 351 g/mol. The van der Waals surface area contributed by atoms with Crippen LogP contribution in [0.25, 0.3) is 11.3 Å². The van der Waals surface area contributed by atoms with Crippen LogP contribution in [0.4, 0.5) is 0 Å². The van der Waals surface area contributed by atoms with Crippen LogP contribution < -0.4 is 16.1 Å². The molecule has 3 rings (SSSR count). The average molecular weight is 351 g/mol.